The molecule has 1 amide bonds. The number of hydrogen-bond donors (Lipinski definition) is 1. The molecule has 0 unspecified atom stereocenters. The molecular formula is C16H14F2N4O3. The Morgan fingerprint density at radius 1 is 1.40 bits per heavy atom. The minimum absolute atomic E-state index is 0.0255. The molecule has 0 radical (unpaired) electrons. The molecule has 0 atom stereocenters. The number of hydrogen-bond acceptors (Lipinski definition) is 5. The molecule has 3 heterocycles. The van der Waals surface area contributed by atoms with Gasteiger partial charge in [-0.25, -0.2) is 13.8 Å². The second-order valence-corrected chi connectivity index (χ2v) is 5.06. The fourth-order valence-electron chi connectivity index (χ4n) is 2.07. The number of aromatic nitrogens is 3. The number of halogens is 2. The van der Waals surface area contributed by atoms with Crippen LogP contribution in [0.1, 0.15) is 10.4 Å². The number of alkyl halides is 2. The highest BCUT2D eigenvalue weighted by Crippen LogP contribution is 2.22. The van der Waals surface area contributed by atoms with Gasteiger partial charge in [0.1, 0.15) is 11.5 Å². The molecule has 25 heavy (non-hydrogen) atoms. The number of nitrogens with zero attached hydrogens (tertiary/aromatic N) is 3. The van der Waals surface area contributed by atoms with Gasteiger partial charge in [0.15, 0.2) is 12.4 Å². The molecular weight excluding hydrogens is 334 g/mol. The van der Waals surface area contributed by atoms with Crippen LogP contribution in [0.5, 0.6) is 5.88 Å². The highest BCUT2D eigenvalue weighted by molar-refractivity contribution is 6.03. The molecule has 0 saturated carbocycles. The lowest BCUT2D eigenvalue weighted by atomic mass is 10.2. The molecule has 0 aromatic carbocycles. The van der Waals surface area contributed by atoms with E-state index in [-0.39, 0.29) is 11.4 Å². The van der Waals surface area contributed by atoms with E-state index in [4.69, 9.17) is 9.15 Å². The lowest BCUT2D eigenvalue weighted by Crippen LogP contribution is -2.15. The zero-order valence-corrected chi connectivity index (χ0v) is 13.1. The third-order valence-electron chi connectivity index (χ3n) is 3.25. The van der Waals surface area contributed by atoms with Gasteiger partial charge in [-0.05, 0) is 18.2 Å². The van der Waals surface area contributed by atoms with Crippen molar-refractivity contribution in [1.82, 2.24) is 14.8 Å². The Labute approximate surface area is 141 Å². The van der Waals surface area contributed by atoms with Gasteiger partial charge in [-0.1, -0.05) is 0 Å². The zero-order valence-electron chi connectivity index (χ0n) is 13.1. The summed E-state index contributed by atoms with van der Waals surface area (Å²) in [6.45, 7) is -0.747. The van der Waals surface area contributed by atoms with Crippen molar-refractivity contribution < 1.29 is 22.7 Å². The Kier molecular flexibility index (Phi) is 4.73. The quantitative estimate of drug-likeness (QED) is 0.740. The summed E-state index contributed by atoms with van der Waals surface area (Å²) < 4.78 is 35.7. The van der Waals surface area contributed by atoms with Crippen LogP contribution in [0.3, 0.4) is 0 Å². The summed E-state index contributed by atoms with van der Waals surface area (Å²) in [6, 6.07) is 7.97. The number of pyridine rings is 1. The van der Waals surface area contributed by atoms with Crippen LogP contribution in [0.4, 0.5) is 14.6 Å². The van der Waals surface area contributed by atoms with Crippen LogP contribution in [0.2, 0.25) is 0 Å². The summed E-state index contributed by atoms with van der Waals surface area (Å²) in [6.07, 6.45) is 0.198. The van der Waals surface area contributed by atoms with Gasteiger partial charge >= 0.3 is 0 Å². The summed E-state index contributed by atoms with van der Waals surface area (Å²) >= 11 is 0. The molecule has 3 aromatic rings. The fourth-order valence-corrected chi connectivity index (χ4v) is 2.07. The second-order valence-electron chi connectivity index (χ2n) is 5.06. The van der Waals surface area contributed by atoms with Crippen LogP contribution < -0.4 is 10.1 Å². The van der Waals surface area contributed by atoms with E-state index in [1.165, 1.54) is 29.3 Å². The van der Waals surface area contributed by atoms with E-state index in [9.17, 15) is 13.6 Å². The summed E-state index contributed by atoms with van der Waals surface area (Å²) in [4.78, 5) is 16.1. The van der Waals surface area contributed by atoms with Gasteiger partial charge < -0.3 is 14.5 Å². The van der Waals surface area contributed by atoms with Crippen LogP contribution in [-0.4, -0.2) is 33.7 Å². The molecule has 7 nitrogen and oxygen atoms in total. The number of anilines is 1. The number of nitrogens with one attached hydrogen (secondary N) is 1. The average molecular weight is 348 g/mol. The van der Waals surface area contributed by atoms with Gasteiger partial charge in [-0.15, -0.1) is 0 Å². The van der Waals surface area contributed by atoms with Crippen molar-refractivity contribution in [2.24, 2.45) is 7.05 Å². The van der Waals surface area contributed by atoms with Crippen LogP contribution in [0.15, 0.2) is 47.2 Å². The standard InChI is InChI=1S/C16H14F2N4O3/c1-22-14(7-11(21-22)12-3-2-6-24-12)20-16(23)10-4-5-15(19-8-10)25-9-13(17)18/h2-8,13H,9H2,1H3,(H,20,23). The molecule has 0 saturated heterocycles. The number of furan rings is 1. The Morgan fingerprint density at radius 3 is 2.88 bits per heavy atom. The number of rotatable bonds is 6. The highest BCUT2D eigenvalue weighted by Gasteiger charge is 2.13. The topological polar surface area (TPSA) is 82.2 Å². The smallest absolute Gasteiger partial charge is 0.272 e. The molecule has 0 aliphatic carbocycles. The lowest BCUT2D eigenvalue weighted by Gasteiger charge is -2.06. The fraction of sp³-hybridized carbons (Fsp3) is 0.188. The van der Waals surface area contributed by atoms with E-state index < -0.39 is 18.9 Å². The first-order chi connectivity index (χ1) is 12.0. The van der Waals surface area contributed by atoms with Crippen molar-refractivity contribution in [2.45, 2.75) is 6.43 Å². The lowest BCUT2D eigenvalue weighted by molar-refractivity contribution is 0.0795. The van der Waals surface area contributed by atoms with Gasteiger partial charge in [0.25, 0.3) is 12.3 Å². The largest absolute Gasteiger partial charge is 0.472 e. The van der Waals surface area contributed by atoms with Gasteiger partial charge in [0.2, 0.25) is 5.88 Å². The van der Waals surface area contributed by atoms with Gasteiger partial charge in [0.05, 0.1) is 11.8 Å². The van der Waals surface area contributed by atoms with Gasteiger partial charge in [-0.3, -0.25) is 9.48 Å². The van der Waals surface area contributed by atoms with Crippen molar-refractivity contribution in [3.63, 3.8) is 0 Å². The Balaban J connectivity index is 1.68. The molecule has 0 fully saturated rings. The van der Waals surface area contributed by atoms with E-state index in [0.29, 0.717) is 17.3 Å². The Morgan fingerprint density at radius 2 is 2.24 bits per heavy atom. The minimum Gasteiger partial charge on any atom is -0.472 e. The molecule has 0 spiro atoms. The number of aryl methyl sites for hydroxylation is 1. The summed E-state index contributed by atoms with van der Waals surface area (Å²) in [5.41, 5.74) is 0.835. The molecule has 1 N–H and O–H groups in total. The van der Waals surface area contributed by atoms with Crippen molar-refractivity contribution in [3.8, 4) is 17.3 Å². The van der Waals surface area contributed by atoms with Crippen LogP contribution in [0.25, 0.3) is 11.5 Å². The SMILES string of the molecule is Cn1nc(-c2ccco2)cc1NC(=O)c1ccc(OCC(F)F)nc1. The molecule has 0 aliphatic rings. The number of carbonyl (C=O) groups excluding carboxylic acids is 1. The van der Waals surface area contributed by atoms with E-state index in [1.54, 1.807) is 25.2 Å². The summed E-state index contributed by atoms with van der Waals surface area (Å²) in [5.74, 6) is 0.659. The van der Waals surface area contributed by atoms with E-state index in [0.717, 1.165) is 0 Å². The first-order valence-corrected chi connectivity index (χ1v) is 7.29. The predicted molar refractivity (Wildman–Crippen MR) is 84.6 cm³/mol. The Bertz CT molecular complexity index is 845. The average Bonchev–Trinajstić information content (AvgIpc) is 3.24. The van der Waals surface area contributed by atoms with Crippen molar-refractivity contribution in [2.75, 3.05) is 11.9 Å². The first kappa shape index (κ1) is 16.6. The molecule has 0 bridgehead atoms. The number of ether oxygens (including phenoxy) is 1. The molecule has 9 heteroatoms. The predicted octanol–water partition coefficient (Wildman–Crippen LogP) is 2.97. The maximum Gasteiger partial charge on any atom is 0.272 e. The third kappa shape index (κ3) is 4.00. The van der Waals surface area contributed by atoms with Crippen molar-refractivity contribution in [1.29, 1.82) is 0 Å². The molecule has 130 valence electrons. The van der Waals surface area contributed by atoms with Gasteiger partial charge in [0, 0.05) is 25.4 Å². The van der Waals surface area contributed by atoms with E-state index >= 15 is 0 Å². The van der Waals surface area contributed by atoms with E-state index in [2.05, 4.69) is 15.4 Å². The summed E-state index contributed by atoms with van der Waals surface area (Å²) in [7, 11) is 1.68. The molecule has 3 rings (SSSR count). The zero-order chi connectivity index (χ0) is 17.8. The van der Waals surface area contributed by atoms with Crippen LogP contribution in [0, 0.1) is 0 Å². The normalized spacial score (nSPS) is 10.9. The number of amides is 1. The second kappa shape index (κ2) is 7.12. The molecule has 0 aliphatic heterocycles. The van der Waals surface area contributed by atoms with Gasteiger partial charge in [-0.2, -0.15) is 5.10 Å². The monoisotopic (exact) mass is 348 g/mol. The van der Waals surface area contributed by atoms with Crippen LogP contribution in [-0.2, 0) is 7.05 Å². The number of carbonyl (C=O) groups is 1. The van der Waals surface area contributed by atoms with E-state index in [1.807, 2.05) is 0 Å². The maximum atomic E-state index is 12.3. The minimum atomic E-state index is -2.59. The highest BCUT2D eigenvalue weighted by atomic mass is 19.3. The summed E-state index contributed by atoms with van der Waals surface area (Å²) in [5, 5.41) is 6.95. The Hall–Kier alpha value is -3.23. The third-order valence-corrected chi connectivity index (χ3v) is 3.25. The van der Waals surface area contributed by atoms with Crippen molar-refractivity contribution >= 4 is 11.7 Å². The van der Waals surface area contributed by atoms with Crippen molar-refractivity contribution in [3.05, 3.63) is 48.4 Å². The van der Waals surface area contributed by atoms with Crippen LogP contribution >= 0.6 is 0 Å². The first-order valence-electron chi connectivity index (χ1n) is 7.29. The maximum absolute atomic E-state index is 12.3. The molecule has 3 aromatic heterocycles.